The van der Waals surface area contributed by atoms with Crippen molar-refractivity contribution in [1.29, 1.82) is 0 Å². The van der Waals surface area contributed by atoms with Gasteiger partial charge in [0.2, 0.25) is 17.7 Å². The highest BCUT2D eigenvalue weighted by Gasteiger charge is 2.18. The molecule has 1 amide bonds. The van der Waals surface area contributed by atoms with Crippen LogP contribution in [0.2, 0.25) is 5.15 Å². The second-order valence-corrected chi connectivity index (χ2v) is 4.71. The predicted octanol–water partition coefficient (Wildman–Crippen LogP) is 3.29. The predicted molar refractivity (Wildman–Crippen MR) is 75.5 cm³/mol. The number of hydrogen-bond acceptors (Lipinski definition) is 4. The molecule has 1 N–H and O–H groups in total. The van der Waals surface area contributed by atoms with Gasteiger partial charge in [0, 0.05) is 12.0 Å². The Morgan fingerprint density at radius 1 is 1.37 bits per heavy atom. The molecule has 0 aliphatic heterocycles. The number of nitrogens with one attached hydrogen (secondary N) is 1. The summed E-state index contributed by atoms with van der Waals surface area (Å²) in [6.07, 6.45) is 3.66. The largest absolute Gasteiger partial charge is 0.481 e. The van der Waals surface area contributed by atoms with E-state index in [4.69, 9.17) is 16.3 Å². The van der Waals surface area contributed by atoms with Crippen LogP contribution in [-0.4, -0.2) is 23.0 Å². The van der Waals surface area contributed by atoms with Gasteiger partial charge in [0.1, 0.15) is 5.15 Å². The third-order valence-corrected chi connectivity index (χ3v) is 2.95. The summed E-state index contributed by atoms with van der Waals surface area (Å²) in [6, 6.07) is 1.49. The van der Waals surface area contributed by atoms with Crippen LogP contribution >= 0.6 is 11.6 Å². The van der Waals surface area contributed by atoms with E-state index >= 15 is 0 Å². The summed E-state index contributed by atoms with van der Waals surface area (Å²) >= 11 is 5.83. The molecule has 0 aliphatic rings. The zero-order valence-electron chi connectivity index (χ0n) is 11.6. The van der Waals surface area contributed by atoms with Gasteiger partial charge < -0.3 is 4.74 Å². The SMILES string of the molecule is CCCC(CCC)C(=O)Nc1nc(Cl)cc(OC)n1. The summed E-state index contributed by atoms with van der Waals surface area (Å²) in [6.45, 7) is 4.13. The molecule has 0 aliphatic carbocycles. The number of methoxy groups -OCH3 is 1. The van der Waals surface area contributed by atoms with Crippen molar-refractivity contribution < 1.29 is 9.53 Å². The first-order valence-electron chi connectivity index (χ1n) is 6.50. The second kappa shape index (κ2) is 7.94. The number of anilines is 1. The highest BCUT2D eigenvalue weighted by molar-refractivity contribution is 6.29. The highest BCUT2D eigenvalue weighted by Crippen LogP contribution is 2.18. The summed E-state index contributed by atoms with van der Waals surface area (Å²) < 4.78 is 4.99. The lowest BCUT2D eigenvalue weighted by molar-refractivity contribution is -0.120. The Labute approximate surface area is 118 Å². The maximum absolute atomic E-state index is 12.1. The minimum Gasteiger partial charge on any atom is -0.481 e. The lowest BCUT2D eigenvalue weighted by Crippen LogP contribution is -2.24. The Morgan fingerprint density at radius 3 is 2.53 bits per heavy atom. The van der Waals surface area contributed by atoms with E-state index in [1.807, 2.05) is 0 Å². The lowest BCUT2D eigenvalue weighted by atomic mass is 9.97. The van der Waals surface area contributed by atoms with Crippen molar-refractivity contribution in [2.45, 2.75) is 39.5 Å². The van der Waals surface area contributed by atoms with Crippen LogP contribution in [0.25, 0.3) is 0 Å². The smallest absolute Gasteiger partial charge is 0.234 e. The maximum atomic E-state index is 12.1. The van der Waals surface area contributed by atoms with Gasteiger partial charge >= 0.3 is 0 Å². The Kier molecular flexibility index (Phi) is 6.56. The van der Waals surface area contributed by atoms with Gasteiger partial charge in [-0.15, -0.1) is 0 Å². The first-order valence-corrected chi connectivity index (χ1v) is 6.87. The van der Waals surface area contributed by atoms with Gasteiger partial charge in [0.05, 0.1) is 7.11 Å². The van der Waals surface area contributed by atoms with E-state index in [-0.39, 0.29) is 22.9 Å². The minimum absolute atomic E-state index is 0.0106. The van der Waals surface area contributed by atoms with Gasteiger partial charge in [-0.3, -0.25) is 10.1 Å². The van der Waals surface area contributed by atoms with E-state index < -0.39 is 0 Å². The van der Waals surface area contributed by atoms with Crippen molar-refractivity contribution in [3.63, 3.8) is 0 Å². The van der Waals surface area contributed by atoms with Crippen molar-refractivity contribution in [3.8, 4) is 5.88 Å². The van der Waals surface area contributed by atoms with Gasteiger partial charge in [0.25, 0.3) is 0 Å². The van der Waals surface area contributed by atoms with Crippen molar-refractivity contribution in [2.24, 2.45) is 5.92 Å². The van der Waals surface area contributed by atoms with Gasteiger partial charge in [-0.1, -0.05) is 38.3 Å². The van der Waals surface area contributed by atoms with Crippen molar-refractivity contribution in [3.05, 3.63) is 11.2 Å². The third-order valence-electron chi connectivity index (χ3n) is 2.76. The molecule has 0 radical (unpaired) electrons. The third kappa shape index (κ3) is 5.03. The molecule has 0 spiro atoms. The average Bonchev–Trinajstić information content (AvgIpc) is 2.37. The van der Waals surface area contributed by atoms with Gasteiger partial charge in [-0.25, -0.2) is 4.98 Å². The zero-order valence-corrected chi connectivity index (χ0v) is 12.3. The van der Waals surface area contributed by atoms with Crippen LogP contribution in [-0.2, 0) is 4.79 Å². The molecule has 0 fully saturated rings. The molecular formula is C13H20ClN3O2. The molecule has 0 bridgehead atoms. The molecule has 1 aromatic rings. The van der Waals surface area contributed by atoms with Crippen LogP contribution < -0.4 is 10.1 Å². The fourth-order valence-corrected chi connectivity index (χ4v) is 2.05. The molecule has 19 heavy (non-hydrogen) atoms. The zero-order chi connectivity index (χ0) is 14.3. The standard InChI is InChI=1S/C13H20ClN3O2/c1-4-6-9(7-5-2)12(18)17-13-15-10(14)8-11(16-13)19-3/h8-9H,4-7H2,1-3H3,(H,15,16,17,18). The summed E-state index contributed by atoms with van der Waals surface area (Å²) in [4.78, 5) is 20.1. The monoisotopic (exact) mass is 285 g/mol. The number of carbonyl (C=O) groups excluding carboxylic acids is 1. The van der Waals surface area contributed by atoms with Crippen LogP contribution in [0, 0.1) is 5.92 Å². The molecule has 6 heteroatoms. The Morgan fingerprint density at radius 2 is 2.00 bits per heavy atom. The quantitative estimate of drug-likeness (QED) is 0.781. The van der Waals surface area contributed by atoms with Gasteiger partial charge in [0.15, 0.2) is 0 Å². The molecule has 1 heterocycles. The molecule has 0 atom stereocenters. The molecule has 1 aromatic heterocycles. The summed E-state index contributed by atoms with van der Waals surface area (Å²) in [5.41, 5.74) is 0. The first kappa shape index (κ1) is 15.7. The van der Waals surface area contributed by atoms with Crippen LogP contribution in [0.4, 0.5) is 5.95 Å². The summed E-state index contributed by atoms with van der Waals surface area (Å²) in [7, 11) is 1.49. The molecule has 0 saturated carbocycles. The number of ether oxygens (including phenoxy) is 1. The fraction of sp³-hybridized carbons (Fsp3) is 0.615. The number of rotatable bonds is 7. The molecule has 106 valence electrons. The summed E-state index contributed by atoms with van der Waals surface area (Å²) in [5, 5.41) is 2.94. The number of aromatic nitrogens is 2. The average molecular weight is 286 g/mol. The Hall–Kier alpha value is -1.36. The Balaban J connectivity index is 2.76. The maximum Gasteiger partial charge on any atom is 0.234 e. The fourth-order valence-electron chi connectivity index (χ4n) is 1.87. The van der Waals surface area contributed by atoms with E-state index in [0.717, 1.165) is 25.7 Å². The molecule has 1 rings (SSSR count). The number of amides is 1. The van der Waals surface area contributed by atoms with E-state index in [9.17, 15) is 4.79 Å². The number of carbonyl (C=O) groups is 1. The molecule has 0 saturated heterocycles. The molecule has 0 aromatic carbocycles. The minimum atomic E-state index is -0.0620. The normalized spacial score (nSPS) is 10.6. The van der Waals surface area contributed by atoms with E-state index in [1.54, 1.807) is 0 Å². The number of hydrogen-bond donors (Lipinski definition) is 1. The number of nitrogens with zero attached hydrogens (tertiary/aromatic N) is 2. The first-order chi connectivity index (χ1) is 9.10. The van der Waals surface area contributed by atoms with Crippen molar-refractivity contribution >= 4 is 23.5 Å². The Bertz CT molecular complexity index is 420. The van der Waals surface area contributed by atoms with Crippen LogP contribution in [0.1, 0.15) is 39.5 Å². The van der Waals surface area contributed by atoms with Crippen molar-refractivity contribution in [1.82, 2.24) is 9.97 Å². The number of halogens is 1. The lowest BCUT2D eigenvalue weighted by Gasteiger charge is -2.14. The topological polar surface area (TPSA) is 64.1 Å². The van der Waals surface area contributed by atoms with Gasteiger partial charge in [-0.05, 0) is 12.8 Å². The van der Waals surface area contributed by atoms with Crippen molar-refractivity contribution in [2.75, 3.05) is 12.4 Å². The second-order valence-electron chi connectivity index (χ2n) is 4.32. The van der Waals surface area contributed by atoms with E-state index in [1.165, 1.54) is 13.2 Å². The van der Waals surface area contributed by atoms with Gasteiger partial charge in [-0.2, -0.15) is 4.98 Å². The van der Waals surface area contributed by atoms with Crippen LogP contribution in [0.3, 0.4) is 0 Å². The molecular weight excluding hydrogens is 266 g/mol. The van der Waals surface area contributed by atoms with Crippen LogP contribution in [0.15, 0.2) is 6.07 Å². The van der Waals surface area contributed by atoms with Crippen LogP contribution in [0.5, 0.6) is 5.88 Å². The summed E-state index contributed by atoms with van der Waals surface area (Å²) in [5.74, 6) is 0.445. The van der Waals surface area contributed by atoms with E-state index in [0.29, 0.717) is 5.88 Å². The molecule has 5 nitrogen and oxygen atoms in total. The highest BCUT2D eigenvalue weighted by atomic mass is 35.5. The van der Waals surface area contributed by atoms with E-state index in [2.05, 4.69) is 29.1 Å². The molecule has 0 unspecified atom stereocenters.